The number of hydrogen-bond acceptors (Lipinski definition) is 7. The fourth-order valence-electron chi connectivity index (χ4n) is 2.57. The van der Waals surface area contributed by atoms with Crippen LogP contribution in [0.2, 0.25) is 5.02 Å². The predicted molar refractivity (Wildman–Crippen MR) is 125 cm³/mol. The standard InChI is InChI=1S/C20H15ClN4O2S3/c1-11(17(26)25-19-22-8-9-28-19)29-20-24-15-7-6-12(10-16(15)30-20)23-18(27)13-4-2-3-5-14(13)21/h2-11H,1H3,(H,23,27)(H,22,25,26)/t11-/m1/s1. The third kappa shape index (κ3) is 4.81. The van der Waals surface area contributed by atoms with Crippen molar-refractivity contribution < 1.29 is 9.59 Å². The van der Waals surface area contributed by atoms with Gasteiger partial charge >= 0.3 is 0 Å². The molecule has 2 N–H and O–H groups in total. The molecule has 0 unspecified atom stereocenters. The van der Waals surface area contributed by atoms with Gasteiger partial charge in [-0.2, -0.15) is 0 Å². The Hall–Kier alpha value is -2.46. The predicted octanol–water partition coefficient (Wildman–Crippen LogP) is 5.78. The number of rotatable bonds is 6. The lowest BCUT2D eigenvalue weighted by molar-refractivity contribution is -0.115. The first-order chi connectivity index (χ1) is 14.5. The topological polar surface area (TPSA) is 84.0 Å². The minimum Gasteiger partial charge on any atom is -0.322 e. The molecule has 152 valence electrons. The van der Waals surface area contributed by atoms with Crippen LogP contribution in [-0.4, -0.2) is 27.0 Å². The zero-order valence-electron chi connectivity index (χ0n) is 15.6. The molecular formula is C20H15ClN4O2S3. The number of thioether (sulfide) groups is 1. The van der Waals surface area contributed by atoms with Gasteiger partial charge in [0.05, 0.1) is 26.1 Å². The highest BCUT2D eigenvalue weighted by atomic mass is 35.5. The maximum atomic E-state index is 12.5. The molecule has 30 heavy (non-hydrogen) atoms. The van der Waals surface area contributed by atoms with E-state index in [9.17, 15) is 9.59 Å². The fourth-order valence-corrected chi connectivity index (χ4v) is 5.58. The number of amides is 2. The Bertz CT molecular complexity index is 1210. The van der Waals surface area contributed by atoms with Gasteiger partial charge in [-0.3, -0.25) is 9.59 Å². The van der Waals surface area contributed by atoms with E-state index in [0.29, 0.717) is 21.4 Å². The summed E-state index contributed by atoms with van der Waals surface area (Å²) in [5.74, 6) is -0.395. The molecule has 2 amide bonds. The summed E-state index contributed by atoms with van der Waals surface area (Å²) >= 11 is 10.3. The van der Waals surface area contributed by atoms with Crippen LogP contribution >= 0.6 is 46.0 Å². The molecule has 10 heteroatoms. The highest BCUT2D eigenvalue weighted by Crippen LogP contribution is 2.34. The molecule has 0 aliphatic heterocycles. The van der Waals surface area contributed by atoms with Crippen molar-refractivity contribution in [2.24, 2.45) is 0 Å². The van der Waals surface area contributed by atoms with E-state index < -0.39 is 0 Å². The number of aromatic nitrogens is 2. The number of fused-ring (bicyclic) bond motifs is 1. The Labute approximate surface area is 189 Å². The van der Waals surface area contributed by atoms with Gasteiger partial charge in [0, 0.05) is 17.3 Å². The van der Waals surface area contributed by atoms with Gasteiger partial charge in [0.2, 0.25) is 5.91 Å². The summed E-state index contributed by atoms with van der Waals surface area (Å²) in [5, 5.41) is 8.12. The smallest absolute Gasteiger partial charge is 0.257 e. The summed E-state index contributed by atoms with van der Waals surface area (Å²) in [6.07, 6.45) is 1.65. The zero-order chi connectivity index (χ0) is 21.1. The number of hydrogen-bond donors (Lipinski definition) is 2. The van der Waals surface area contributed by atoms with Crippen molar-refractivity contribution in [3.63, 3.8) is 0 Å². The highest BCUT2D eigenvalue weighted by Gasteiger charge is 2.18. The minimum absolute atomic E-state index is 0.123. The molecule has 1 atom stereocenters. The number of benzene rings is 2. The van der Waals surface area contributed by atoms with Gasteiger partial charge in [0.25, 0.3) is 5.91 Å². The molecule has 2 heterocycles. The van der Waals surface area contributed by atoms with Crippen LogP contribution in [0, 0.1) is 0 Å². The van der Waals surface area contributed by atoms with Gasteiger partial charge in [-0.15, -0.1) is 22.7 Å². The highest BCUT2D eigenvalue weighted by molar-refractivity contribution is 8.02. The summed E-state index contributed by atoms with van der Waals surface area (Å²) in [5.41, 5.74) is 1.88. The Balaban J connectivity index is 1.45. The summed E-state index contributed by atoms with van der Waals surface area (Å²) in [6.45, 7) is 1.83. The Morgan fingerprint density at radius 1 is 1.17 bits per heavy atom. The quantitative estimate of drug-likeness (QED) is 0.346. The first-order valence-electron chi connectivity index (χ1n) is 8.83. The van der Waals surface area contributed by atoms with Gasteiger partial charge in [0.15, 0.2) is 9.47 Å². The van der Waals surface area contributed by atoms with E-state index >= 15 is 0 Å². The normalized spacial score (nSPS) is 11.9. The average molecular weight is 475 g/mol. The molecule has 2 aromatic carbocycles. The van der Waals surface area contributed by atoms with Crippen LogP contribution in [-0.2, 0) is 4.79 Å². The van der Waals surface area contributed by atoms with Crippen LogP contribution in [0.1, 0.15) is 17.3 Å². The molecule has 0 spiro atoms. The molecule has 0 saturated carbocycles. The van der Waals surface area contributed by atoms with E-state index in [4.69, 9.17) is 11.6 Å². The van der Waals surface area contributed by atoms with Crippen molar-refractivity contribution in [2.45, 2.75) is 16.5 Å². The minimum atomic E-state index is -0.325. The van der Waals surface area contributed by atoms with Crippen molar-refractivity contribution in [2.75, 3.05) is 10.6 Å². The molecule has 6 nitrogen and oxygen atoms in total. The number of nitrogens with zero attached hydrogens (tertiary/aromatic N) is 2. The van der Waals surface area contributed by atoms with Gasteiger partial charge in [-0.05, 0) is 37.3 Å². The van der Waals surface area contributed by atoms with Gasteiger partial charge in [0.1, 0.15) is 0 Å². The zero-order valence-corrected chi connectivity index (χ0v) is 18.8. The molecule has 4 aromatic rings. The number of thiazole rings is 2. The molecular weight excluding hydrogens is 460 g/mol. The van der Waals surface area contributed by atoms with E-state index in [2.05, 4.69) is 20.6 Å². The number of nitrogens with one attached hydrogen (secondary N) is 2. The van der Waals surface area contributed by atoms with Gasteiger partial charge < -0.3 is 10.6 Å². The molecule has 0 fully saturated rings. The van der Waals surface area contributed by atoms with Crippen molar-refractivity contribution in [3.8, 4) is 0 Å². The van der Waals surface area contributed by atoms with Gasteiger partial charge in [-0.1, -0.05) is 35.5 Å². The summed E-state index contributed by atoms with van der Waals surface area (Å²) < 4.78 is 1.70. The molecule has 0 saturated heterocycles. The molecule has 2 aromatic heterocycles. The lowest BCUT2D eigenvalue weighted by Gasteiger charge is -2.07. The van der Waals surface area contributed by atoms with E-state index in [1.807, 2.05) is 24.4 Å². The van der Waals surface area contributed by atoms with Crippen molar-refractivity contribution >= 4 is 78.9 Å². The molecule has 0 aliphatic rings. The van der Waals surface area contributed by atoms with Crippen LogP contribution in [0.25, 0.3) is 10.2 Å². The second-order valence-electron chi connectivity index (χ2n) is 6.18. The Morgan fingerprint density at radius 2 is 2.00 bits per heavy atom. The SMILES string of the molecule is C[C@@H](Sc1nc2ccc(NC(=O)c3ccccc3Cl)cc2s1)C(=O)Nc1nccs1. The van der Waals surface area contributed by atoms with Crippen LogP contribution in [0.15, 0.2) is 58.4 Å². The number of anilines is 2. The summed E-state index contributed by atoms with van der Waals surface area (Å²) in [4.78, 5) is 33.4. The Kier molecular flexibility index (Phi) is 6.33. The largest absolute Gasteiger partial charge is 0.322 e. The van der Waals surface area contributed by atoms with Crippen LogP contribution in [0.3, 0.4) is 0 Å². The first kappa shape index (κ1) is 20.8. The van der Waals surface area contributed by atoms with Crippen LogP contribution in [0.4, 0.5) is 10.8 Å². The number of halogens is 1. The van der Waals surface area contributed by atoms with E-state index in [1.54, 1.807) is 36.5 Å². The third-order valence-corrected chi connectivity index (χ3v) is 7.28. The molecule has 0 radical (unpaired) electrons. The summed E-state index contributed by atoms with van der Waals surface area (Å²) in [7, 11) is 0. The van der Waals surface area contributed by atoms with Crippen LogP contribution in [0.5, 0.6) is 0 Å². The molecule has 4 rings (SSSR count). The lowest BCUT2D eigenvalue weighted by Crippen LogP contribution is -2.22. The second kappa shape index (κ2) is 9.13. The monoisotopic (exact) mass is 474 g/mol. The second-order valence-corrected chi connectivity index (χ2v) is 10.1. The van der Waals surface area contributed by atoms with E-state index in [1.165, 1.54) is 34.4 Å². The lowest BCUT2D eigenvalue weighted by atomic mass is 10.2. The Morgan fingerprint density at radius 3 is 2.77 bits per heavy atom. The van der Waals surface area contributed by atoms with E-state index in [-0.39, 0.29) is 17.1 Å². The van der Waals surface area contributed by atoms with Crippen molar-refractivity contribution in [3.05, 3.63) is 64.6 Å². The average Bonchev–Trinajstić information content (AvgIpc) is 3.37. The molecule has 0 aliphatic carbocycles. The molecule has 0 bridgehead atoms. The first-order valence-corrected chi connectivity index (χ1v) is 11.8. The number of carbonyl (C=O) groups is 2. The van der Waals surface area contributed by atoms with Crippen LogP contribution < -0.4 is 10.6 Å². The van der Waals surface area contributed by atoms with Crippen molar-refractivity contribution in [1.29, 1.82) is 0 Å². The van der Waals surface area contributed by atoms with Crippen molar-refractivity contribution in [1.82, 2.24) is 9.97 Å². The van der Waals surface area contributed by atoms with E-state index in [0.717, 1.165) is 14.6 Å². The maximum Gasteiger partial charge on any atom is 0.257 e. The maximum absolute atomic E-state index is 12.5. The van der Waals surface area contributed by atoms with Gasteiger partial charge in [-0.25, -0.2) is 9.97 Å². The number of carbonyl (C=O) groups excluding carboxylic acids is 2. The summed E-state index contributed by atoms with van der Waals surface area (Å²) in [6, 6.07) is 12.4. The fraction of sp³-hybridized carbons (Fsp3) is 0.100. The third-order valence-electron chi connectivity index (χ3n) is 4.05.